The van der Waals surface area contributed by atoms with Crippen LogP contribution >= 0.6 is 0 Å². The van der Waals surface area contributed by atoms with Gasteiger partial charge in [-0.05, 0) is 38.6 Å². The number of hydrogen-bond donors (Lipinski definition) is 1. The highest BCUT2D eigenvalue weighted by Crippen LogP contribution is 2.28. The number of nitrogens with one attached hydrogen (secondary N) is 1. The molecule has 0 bridgehead atoms. The first kappa shape index (κ1) is 11.2. The molecule has 1 aliphatic carbocycles. The van der Waals surface area contributed by atoms with Crippen LogP contribution in [0.4, 0.5) is 0 Å². The van der Waals surface area contributed by atoms with Crippen molar-refractivity contribution in [1.29, 1.82) is 0 Å². The van der Waals surface area contributed by atoms with Gasteiger partial charge in [-0.15, -0.1) is 0 Å². The normalized spacial score (nSPS) is 28.1. The molecule has 0 aromatic heterocycles. The lowest BCUT2D eigenvalue weighted by atomic mass is 9.91. The second-order valence-electron chi connectivity index (χ2n) is 4.73. The van der Waals surface area contributed by atoms with Crippen LogP contribution in [0.3, 0.4) is 0 Å². The monoisotopic (exact) mass is 209 g/mol. The van der Waals surface area contributed by atoms with Gasteiger partial charge >= 0.3 is 0 Å². The second kappa shape index (κ2) is 5.66. The van der Waals surface area contributed by atoms with Gasteiger partial charge in [-0.2, -0.15) is 0 Å². The lowest BCUT2D eigenvalue weighted by Gasteiger charge is -2.25. The fraction of sp³-hybridized carbons (Fsp3) is 0.846. The van der Waals surface area contributed by atoms with Gasteiger partial charge in [0.25, 0.3) is 0 Å². The molecular weight excluding hydrogens is 186 g/mol. The Morgan fingerprint density at radius 3 is 3.13 bits per heavy atom. The van der Waals surface area contributed by atoms with E-state index in [1.165, 1.54) is 32.1 Å². The molecule has 1 N–H and O–H groups in total. The number of allylic oxidation sites excluding steroid dienone is 1. The third-order valence-corrected chi connectivity index (χ3v) is 3.53. The fourth-order valence-electron chi connectivity index (χ4n) is 2.69. The lowest BCUT2D eigenvalue weighted by Crippen LogP contribution is -2.38. The van der Waals surface area contributed by atoms with Crippen molar-refractivity contribution in [1.82, 2.24) is 5.32 Å². The molecule has 2 atom stereocenters. The van der Waals surface area contributed by atoms with Gasteiger partial charge in [0.15, 0.2) is 0 Å². The number of ether oxygens (including phenoxy) is 1. The van der Waals surface area contributed by atoms with Crippen molar-refractivity contribution < 1.29 is 4.74 Å². The largest absolute Gasteiger partial charge is 0.381 e. The van der Waals surface area contributed by atoms with Gasteiger partial charge in [-0.3, -0.25) is 0 Å². The summed E-state index contributed by atoms with van der Waals surface area (Å²) in [5, 5.41) is 3.70. The van der Waals surface area contributed by atoms with E-state index >= 15 is 0 Å². The molecule has 1 saturated heterocycles. The van der Waals surface area contributed by atoms with Crippen molar-refractivity contribution >= 4 is 0 Å². The summed E-state index contributed by atoms with van der Waals surface area (Å²) in [4.78, 5) is 0. The lowest BCUT2D eigenvalue weighted by molar-refractivity contribution is 0.179. The Balaban J connectivity index is 1.94. The predicted molar refractivity (Wildman–Crippen MR) is 62.9 cm³/mol. The zero-order valence-corrected chi connectivity index (χ0v) is 9.80. The Kier molecular flexibility index (Phi) is 4.21. The van der Waals surface area contributed by atoms with E-state index in [9.17, 15) is 0 Å². The molecule has 0 radical (unpaired) electrons. The first-order valence-electron chi connectivity index (χ1n) is 6.42. The van der Waals surface area contributed by atoms with Gasteiger partial charge in [0.2, 0.25) is 0 Å². The van der Waals surface area contributed by atoms with E-state index in [0.29, 0.717) is 6.04 Å². The molecule has 2 nitrogen and oxygen atoms in total. The maximum atomic E-state index is 5.51. The van der Waals surface area contributed by atoms with Gasteiger partial charge in [0.1, 0.15) is 0 Å². The van der Waals surface area contributed by atoms with Crippen LogP contribution in [0.15, 0.2) is 11.6 Å². The summed E-state index contributed by atoms with van der Waals surface area (Å²) in [7, 11) is 0. The van der Waals surface area contributed by atoms with Crippen LogP contribution in [0.2, 0.25) is 0 Å². The summed E-state index contributed by atoms with van der Waals surface area (Å²) < 4.78 is 5.51. The SMILES string of the molecule is CCCNC(C1=CCCC1)C1CCOC1. The van der Waals surface area contributed by atoms with Crippen LogP contribution in [0, 0.1) is 5.92 Å². The van der Waals surface area contributed by atoms with Gasteiger partial charge in [0, 0.05) is 18.6 Å². The van der Waals surface area contributed by atoms with Crippen LogP contribution in [0.1, 0.15) is 39.0 Å². The van der Waals surface area contributed by atoms with Gasteiger partial charge in [0.05, 0.1) is 6.61 Å². The van der Waals surface area contributed by atoms with Crippen molar-refractivity contribution in [3.63, 3.8) is 0 Å². The van der Waals surface area contributed by atoms with Crippen molar-refractivity contribution in [3.8, 4) is 0 Å². The quantitative estimate of drug-likeness (QED) is 0.702. The maximum Gasteiger partial charge on any atom is 0.0513 e. The molecule has 1 aliphatic heterocycles. The highest BCUT2D eigenvalue weighted by molar-refractivity contribution is 5.17. The van der Waals surface area contributed by atoms with Crippen LogP contribution in [0.5, 0.6) is 0 Å². The van der Waals surface area contributed by atoms with Gasteiger partial charge in [-0.25, -0.2) is 0 Å². The van der Waals surface area contributed by atoms with Crippen molar-refractivity contribution in [2.75, 3.05) is 19.8 Å². The first-order valence-corrected chi connectivity index (χ1v) is 6.42. The molecule has 2 unspecified atom stereocenters. The molecule has 0 spiro atoms. The highest BCUT2D eigenvalue weighted by Gasteiger charge is 2.28. The average Bonchev–Trinajstić information content (AvgIpc) is 2.90. The van der Waals surface area contributed by atoms with E-state index in [1.54, 1.807) is 5.57 Å². The molecule has 1 fully saturated rings. The van der Waals surface area contributed by atoms with Crippen molar-refractivity contribution in [3.05, 3.63) is 11.6 Å². The zero-order chi connectivity index (χ0) is 10.5. The standard InChI is InChI=1S/C13H23NO/c1-2-8-14-13(11-5-3-4-6-11)12-7-9-15-10-12/h5,12-14H,2-4,6-10H2,1H3. The molecule has 86 valence electrons. The van der Waals surface area contributed by atoms with E-state index in [0.717, 1.165) is 25.7 Å². The Morgan fingerprint density at radius 2 is 2.53 bits per heavy atom. The molecule has 0 amide bonds. The minimum atomic E-state index is 0.606. The summed E-state index contributed by atoms with van der Waals surface area (Å²) in [6.07, 6.45) is 8.85. The Bertz CT molecular complexity index is 219. The molecule has 2 rings (SSSR count). The molecule has 15 heavy (non-hydrogen) atoms. The van der Waals surface area contributed by atoms with Crippen LogP contribution in [-0.2, 0) is 4.74 Å². The highest BCUT2D eigenvalue weighted by atomic mass is 16.5. The predicted octanol–water partition coefficient (Wildman–Crippen LogP) is 2.50. The van der Waals surface area contributed by atoms with E-state index < -0.39 is 0 Å². The fourth-order valence-corrected chi connectivity index (χ4v) is 2.69. The maximum absolute atomic E-state index is 5.51. The molecule has 0 saturated carbocycles. The zero-order valence-electron chi connectivity index (χ0n) is 9.80. The van der Waals surface area contributed by atoms with E-state index in [1.807, 2.05) is 0 Å². The Hall–Kier alpha value is -0.340. The molecule has 0 aromatic carbocycles. The first-order chi connectivity index (χ1) is 7.42. The minimum absolute atomic E-state index is 0.606. The molecule has 2 heteroatoms. The summed E-state index contributed by atoms with van der Waals surface area (Å²) in [5.41, 5.74) is 1.65. The van der Waals surface area contributed by atoms with Crippen molar-refractivity contribution in [2.45, 2.75) is 45.1 Å². The van der Waals surface area contributed by atoms with Crippen LogP contribution in [0.25, 0.3) is 0 Å². The second-order valence-corrected chi connectivity index (χ2v) is 4.73. The topological polar surface area (TPSA) is 21.3 Å². The smallest absolute Gasteiger partial charge is 0.0513 e. The van der Waals surface area contributed by atoms with Gasteiger partial charge < -0.3 is 10.1 Å². The van der Waals surface area contributed by atoms with E-state index in [-0.39, 0.29) is 0 Å². The van der Waals surface area contributed by atoms with E-state index in [4.69, 9.17) is 4.74 Å². The molecule has 2 aliphatic rings. The molecule has 0 aromatic rings. The molecular formula is C13H23NO. The average molecular weight is 209 g/mol. The minimum Gasteiger partial charge on any atom is -0.381 e. The summed E-state index contributed by atoms with van der Waals surface area (Å²) in [6.45, 7) is 5.29. The van der Waals surface area contributed by atoms with Crippen molar-refractivity contribution in [2.24, 2.45) is 5.92 Å². The summed E-state index contributed by atoms with van der Waals surface area (Å²) in [5.74, 6) is 0.723. The van der Waals surface area contributed by atoms with Gasteiger partial charge in [-0.1, -0.05) is 18.6 Å². The number of rotatable bonds is 5. The number of hydrogen-bond acceptors (Lipinski definition) is 2. The van der Waals surface area contributed by atoms with Crippen LogP contribution < -0.4 is 5.32 Å². The van der Waals surface area contributed by atoms with E-state index in [2.05, 4.69) is 18.3 Å². The summed E-state index contributed by atoms with van der Waals surface area (Å²) in [6, 6.07) is 0.606. The Labute approximate surface area is 93.1 Å². The molecule has 1 heterocycles. The third-order valence-electron chi connectivity index (χ3n) is 3.53. The summed E-state index contributed by atoms with van der Waals surface area (Å²) >= 11 is 0. The van der Waals surface area contributed by atoms with Crippen LogP contribution in [-0.4, -0.2) is 25.8 Å². The Morgan fingerprint density at radius 1 is 1.60 bits per heavy atom. The third kappa shape index (κ3) is 2.82.